The van der Waals surface area contributed by atoms with E-state index in [0.717, 1.165) is 76.9 Å². The van der Waals surface area contributed by atoms with Gasteiger partial charge in [0, 0.05) is 50.6 Å². The van der Waals surface area contributed by atoms with Crippen molar-refractivity contribution in [1.29, 1.82) is 0 Å². The number of aromatic amines is 1. The number of likely N-dealkylation sites (tertiary alicyclic amines) is 1. The van der Waals surface area contributed by atoms with E-state index < -0.39 is 18.4 Å². The van der Waals surface area contributed by atoms with E-state index in [9.17, 15) is 19.5 Å². The van der Waals surface area contributed by atoms with Gasteiger partial charge in [-0.1, -0.05) is 91.9 Å². The van der Waals surface area contributed by atoms with Gasteiger partial charge in [0.1, 0.15) is 0 Å². The van der Waals surface area contributed by atoms with Crippen molar-refractivity contribution >= 4 is 22.9 Å². The minimum Gasteiger partial charge on any atom is -0.453 e. The van der Waals surface area contributed by atoms with E-state index in [1.165, 1.54) is 6.92 Å². The third kappa shape index (κ3) is 8.19. The first-order chi connectivity index (χ1) is 26.2. The second-order valence-electron chi connectivity index (χ2n) is 14.4. The topological polar surface area (TPSA) is 135 Å². The highest BCUT2D eigenvalue weighted by Crippen LogP contribution is 2.42. The second kappa shape index (κ2) is 16.5. The lowest BCUT2D eigenvalue weighted by Gasteiger charge is -2.44. The highest BCUT2D eigenvalue weighted by molar-refractivity contribution is 5.83. The van der Waals surface area contributed by atoms with Gasteiger partial charge in [-0.2, -0.15) is 0 Å². The Kier molecular flexibility index (Phi) is 11.4. The standard InChI is InChI=1S/C43H48N4O7/c1-27-39(25-46-22-20-35(21-23-46)47-38-11-7-6-10-37(38)45-43(47)51)53-42(54-40(27)32-14-12-30(26-48)13-15-32)33-18-16-31(17-19-33)36-9-5-4-8-34(36)24-44-41(50)28(2)52-29(3)49/h4-19,27-28,35,39-40,42,48H,20-26H2,1-3H3,(H,44,50)(H,45,51)/t27-,28+,39+,40+,42+/m1/s1. The molecule has 0 radical (unpaired) electrons. The molecule has 4 aromatic carbocycles. The number of amides is 1. The molecule has 1 aromatic heterocycles. The molecule has 0 bridgehead atoms. The van der Waals surface area contributed by atoms with Crippen LogP contribution in [0.2, 0.25) is 0 Å². The SMILES string of the molecule is CC(=O)O[C@@H](C)C(=O)NCc1ccccc1-c1ccc([C@H]2O[C@@H](CN3CCC(n4c(=O)[nH]c5ccccc54)CC3)[C@@H](C)[C@@H](c3ccc(CO)cc3)O2)cc1. The number of hydrogen-bond acceptors (Lipinski definition) is 8. The number of carbonyl (C=O) groups is 2. The van der Waals surface area contributed by atoms with Gasteiger partial charge < -0.3 is 34.5 Å². The van der Waals surface area contributed by atoms with Crippen molar-refractivity contribution in [2.45, 2.75) is 77.4 Å². The van der Waals surface area contributed by atoms with Crippen LogP contribution in [0, 0.1) is 5.92 Å². The molecule has 1 amide bonds. The number of piperidine rings is 1. The number of nitrogens with zero attached hydrogens (tertiary/aromatic N) is 2. The average molecular weight is 733 g/mol. The minimum atomic E-state index is -0.879. The zero-order chi connectivity index (χ0) is 37.8. The summed E-state index contributed by atoms with van der Waals surface area (Å²) >= 11 is 0. The van der Waals surface area contributed by atoms with Gasteiger partial charge in [0.15, 0.2) is 12.4 Å². The average Bonchev–Trinajstić information content (AvgIpc) is 3.53. The Bertz CT molecular complexity index is 2120. The molecular weight excluding hydrogens is 684 g/mol. The first kappa shape index (κ1) is 37.3. The van der Waals surface area contributed by atoms with E-state index in [-0.39, 0.29) is 48.9 Å². The number of benzene rings is 4. The summed E-state index contributed by atoms with van der Waals surface area (Å²) in [6, 6.07) is 31.9. The summed E-state index contributed by atoms with van der Waals surface area (Å²) in [5, 5.41) is 12.5. The van der Waals surface area contributed by atoms with E-state index in [0.29, 0.717) is 0 Å². The van der Waals surface area contributed by atoms with Crippen molar-refractivity contribution in [1.82, 2.24) is 19.8 Å². The van der Waals surface area contributed by atoms with E-state index in [2.05, 4.69) is 22.1 Å². The number of H-pyrrole nitrogens is 1. The maximum atomic E-state index is 12.9. The highest BCUT2D eigenvalue weighted by Gasteiger charge is 2.39. The second-order valence-corrected chi connectivity index (χ2v) is 14.4. The zero-order valence-corrected chi connectivity index (χ0v) is 30.9. The molecule has 11 heteroatoms. The Morgan fingerprint density at radius 2 is 1.61 bits per heavy atom. The Labute approximate surface area is 314 Å². The van der Waals surface area contributed by atoms with Gasteiger partial charge in [-0.3, -0.25) is 14.2 Å². The maximum absolute atomic E-state index is 12.9. The van der Waals surface area contributed by atoms with Crippen molar-refractivity contribution in [2.24, 2.45) is 5.92 Å². The number of hydrogen-bond donors (Lipinski definition) is 3. The Morgan fingerprint density at radius 3 is 2.33 bits per heavy atom. The predicted octanol–water partition coefficient (Wildman–Crippen LogP) is 6.19. The molecule has 2 fully saturated rings. The van der Waals surface area contributed by atoms with Gasteiger partial charge in [0.2, 0.25) is 0 Å². The van der Waals surface area contributed by atoms with Crippen LogP contribution in [0.1, 0.15) is 74.3 Å². The van der Waals surface area contributed by atoms with Crippen LogP contribution < -0.4 is 11.0 Å². The number of aliphatic hydroxyl groups excluding tert-OH is 1. The van der Waals surface area contributed by atoms with E-state index in [1.807, 2.05) is 102 Å². The summed E-state index contributed by atoms with van der Waals surface area (Å²) in [4.78, 5) is 42.2. The smallest absolute Gasteiger partial charge is 0.326 e. The number of imidazole rings is 1. The maximum Gasteiger partial charge on any atom is 0.326 e. The molecular formula is C43H48N4O7. The Hall–Kier alpha value is -5.07. The highest BCUT2D eigenvalue weighted by atomic mass is 16.7. The molecule has 11 nitrogen and oxygen atoms in total. The number of aromatic nitrogens is 2. The van der Waals surface area contributed by atoms with Crippen LogP contribution in [0.25, 0.3) is 22.2 Å². The summed E-state index contributed by atoms with van der Waals surface area (Å²) < 4.78 is 20.5. The quantitative estimate of drug-likeness (QED) is 0.137. The summed E-state index contributed by atoms with van der Waals surface area (Å²) in [5.41, 5.74) is 7.42. The first-order valence-corrected chi connectivity index (χ1v) is 18.7. The fourth-order valence-electron chi connectivity index (χ4n) is 7.78. The molecule has 54 heavy (non-hydrogen) atoms. The molecule has 2 saturated heterocycles. The third-order valence-corrected chi connectivity index (χ3v) is 10.8. The Morgan fingerprint density at radius 1 is 0.926 bits per heavy atom. The summed E-state index contributed by atoms with van der Waals surface area (Å²) in [7, 11) is 0. The molecule has 5 aromatic rings. The van der Waals surface area contributed by atoms with E-state index >= 15 is 0 Å². The fourth-order valence-corrected chi connectivity index (χ4v) is 7.78. The molecule has 282 valence electrons. The summed E-state index contributed by atoms with van der Waals surface area (Å²) in [5.74, 6) is -0.822. The van der Waals surface area contributed by atoms with Gasteiger partial charge in [0.25, 0.3) is 5.91 Å². The number of fused-ring (bicyclic) bond motifs is 1. The van der Waals surface area contributed by atoms with Gasteiger partial charge in [-0.25, -0.2) is 4.79 Å². The number of aliphatic hydroxyl groups is 1. The number of para-hydroxylation sites is 2. The van der Waals surface area contributed by atoms with Gasteiger partial charge in [0.05, 0.1) is 29.8 Å². The predicted molar refractivity (Wildman–Crippen MR) is 205 cm³/mol. The molecule has 2 aliphatic heterocycles. The van der Waals surface area contributed by atoms with Crippen LogP contribution in [0.15, 0.2) is 102 Å². The van der Waals surface area contributed by atoms with Crippen LogP contribution in [0.5, 0.6) is 0 Å². The van der Waals surface area contributed by atoms with Crippen LogP contribution in [0.4, 0.5) is 0 Å². The molecule has 0 aliphatic carbocycles. The number of esters is 1. The van der Waals surface area contributed by atoms with Gasteiger partial charge >= 0.3 is 11.7 Å². The first-order valence-electron chi connectivity index (χ1n) is 18.7. The zero-order valence-electron chi connectivity index (χ0n) is 30.9. The molecule has 7 rings (SSSR count). The van der Waals surface area contributed by atoms with Gasteiger partial charge in [-0.05, 0) is 59.7 Å². The van der Waals surface area contributed by atoms with Crippen LogP contribution in [-0.2, 0) is 37.0 Å². The Balaban J connectivity index is 1.07. The van der Waals surface area contributed by atoms with Crippen LogP contribution >= 0.6 is 0 Å². The fraction of sp³-hybridized carbons (Fsp3) is 0.372. The summed E-state index contributed by atoms with van der Waals surface area (Å²) in [6.45, 7) is 7.70. The van der Waals surface area contributed by atoms with Crippen LogP contribution in [-0.4, -0.2) is 63.3 Å². The lowest BCUT2D eigenvalue weighted by atomic mass is 9.89. The van der Waals surface area contributed by atoms with Crippen molar-refractivity contribution in [3.05, 3.63) is 130 Å². The van der Waals surface area contributed by atoms with Crippen molar-refractivity contribution in [3.8, 4) is 11.1 Å². The molecule has 0 spiro atoms. The van der Waals surface area contributed by atoms with Gasteiger partial charge in [-0.15, -0.1) is 0 Å². The van der Waals surface area contributed by atoms with Crippen molar-refractivity contribution < 1.29 is 28.9 Å². The largest absolute Gasteiger partial charge is 0.453 e. The normalized spacial score (nSPS) is 21.5. The third-order valence-electron chi connectivity index (χ3n) is 10.8. The lowest BCUT2D eigenvalue weighted by molar-refractivity contribution is -0.276. The summed E-state index contributed by atoms with van der Waals surface area (Å²) in [6.07, 6.45) is -0.114. The van der Waals surface area contributed by atoms with Crippen molar-refractivity contribution in [3.63, 3.8) is 0 Å². The van der Waals surface area contributed by atoms with Crippen molar-refractivity contribution in [2.75, 3.05) is 19.6 Å². The van der Waals surface area contributed by atoms with E-state index in [1.54, 1.807) is 6.92 Å². The van der Waals surface area contributed by atoms with E-state index in [4.69, 9.17) is 14.2 Å². The molecule has 5 atom stereocenters. The molecule has 3 N–H and O–H groups in total. The minimum absolute atomic E-state index is 0.0222. The molecule has 0 saturated carbocycles. The number of nitrogens with one attached hydrogen (secondary N) is 2. The monoisotopic (exact) mass is 732 g/mol. The molecule has 3 heterocycles. The molecule has 0 unspecified atom stereocenters. The molecule has 2 aliphatic rings. The van der Waals surface area contributed by atoms with Crippen LogP contribution in [0.3, 0.4) is 0 Å². The number of ether oxygens (including phenoxy) is 3. The number of carbonyl (C=O) groups excluding carboxylic acids is 2. The lowest BCUT2D eigenvalue weighted by Crippen LogP contribution is -2.47. The number of rotatable bonds is 11.